The standard InChI is InChI=1S/C24H40N4O2.HI/c1-4-25-24(27-17-20(12-13-29)14-18(2)3)26-16-19-8-7-11-22(15-19)28-23(30)21-9-5-6-10-21;/h7-8,11,15,18,20-21,29H,4-6,9-10,12-14,16-17H2,1-3H3,(H,28,30)(H2,25,26,27);1H. The van der Waals surface area contributed by atoms with Gasteiger partial charge in [0.25, 0.3) is 0 Å². The number of guanidine groups is 1. The van der Waals surface area contributed by atoms with E-state index in [1.165, 1.54) is 0 Å². The van der Waals surface area contributed by atoms with E-state index in [0.717, 1.165) is 68.8 Å². The second-order valence-electron chi connectivity index (χ2n) is 8.75. The number of amides is 1. The van der Waals surface area contributed by atoms with E-state index < -0.39 is 0 Å². The second-order valence-corrected chi connectivity index (χ2v) is 8.75. The molecule has 0 bridgehead atoms. The number of carbonyl (C=O) groups excluding carboxylic acids is 1. The van der Waals surface area contributed by atoms with Crippen LogP contribution in [0.1, 0.15) is 64.9 Å². The highest BCUT2D eigenvalue weighted by Crippen LogP contribution is 2.26. The Morgan fingerprint density at radius 2 is 1.97 bits per heavy atom. The number of aliphatic hydroxyl groups is 1. The molecule has 1 aliphatic carbocycles. The van der Waals surface area contributed by atoms with Gasteiger partial charge in [-0.2, -0.15) is 0 Å². The quantitative estimate of drug-likeness (QED) is 0.187. The zero-order valence-electron chi connectivity index (χ0n) is 19.3. The Morgan fingerprint density at radius 3 is 2.61 bits per heavy atom. The lowest BCUT2D eigenvalue weighted by Gasteiger charge is -2.20. The molecule has 6 nitrogen and oxygen atoms in total. The summed E-state index contributed by atoms with van der Waals surface area (Å²) in [4.78, 5) is 17.1. The van der Waals surface area contributed by atoms with Crippen molar-refractivity contribution in [1.29, 1.82) is 0 Å². The van der Waals surface area contributed by atoms with Crippen LogP contribution >= 0.6 is 24.0 Å². The molecule has 4 N–H and O–H groups in total. The van der Waals surface area contributed by atoms with E-state index in [2.05, 4.69) is 36.7 Å². The van der Waals surface area contributed by atoms with E-state index in [0.29, 0.717) is 18.4 Å². The number of aliphatic imine (C=N–C) groups is 1. The molecule has 7 heteroatoms. The maximum absolute atomic E-state index is 12.4. The number of aliphatic hydroxyl groups excluding tert-OH is 1. The molecule has 0 aromatic heterocycles. The summed E-state index contributed by atoms with van der Waals surface area (Å²) in [5.74, 6) is 2.11. The summed E-state index contributed by atoms with van der Waals surface area (Å²) >= 11 is 0. The van der Waals surface area contributed by atoms with Gasteiger partial charge in [0.2, 0.25) is 5.91 Å². The number of hydrogen-bond acceptors (Lipinski definition) is 3. The minimum atomic E-state index is 0. The van der Waals surface area contributed by atoms with E-state index >= 15 is 0 Å². The molecule has 1 atom stereocenters. The molecule has 0 heterocycles. The van der Waals surface area contributed by atoms with Crippen molar-refractivity contribution in [2.24, 2.45) is 22.7 Å². The normalized spacial score (nSPS) is 15.5. The number of nitrogens with zero attached hydrogens (tertiary/aromatic N) is 1. The fourth-order valence-electron chi connectivity index (χ4n) is 4.09. The first kappa shape index (κ1) is 27.7. The summed E-state index contributed by atoms with van der Waals surface area (Å²) in [6.07, 6.45) is 6.19. The molecular formula is C24H41IN4O2. The van der Waals surface area contributed by atoms with E-state index in [-0.39, 0.29) is 42.4 Å². The van der Waals surface area contributed by atoms with Gasteiger partial charge in [0, 0.05) is 31.3 Å². The van der Waals surface area contributed by atoms with E-state index in [1.54, 1.807) is 0 Å². The van der Waals surface area contributed by atoms with Crippen LogP contribution in [-0.4, -0.2) is 36.7 Å². The predicted octanol–water partition coefficient (Wildman–Crippen LogP) is 4.53. The van der Waals surface area contributed by atoms with Gasteiger partial charge >= 0.3 is 0 Å². The number of halogens is 1. The largest absolute Gasteiger partial charge is 0.396 e. The first-order valence-electron chi connectivity index (χ1n) is 11.5. The molecule has 0 aliphatic heterocycles. The molecule has 1 aromatic carbocycles. The van der Waals surface area contributed by atoms with Gasteiger partial charge in [-0.1, -0.05) is 38.8 Å². The van der Waals surface area contributed by atoms with Crippen LogP contribution in [0.3, 0.4) is 0 Å². The Bertz CT molecular complexity index is 675. The van der Waals surface area contributed by atoms with Crippen molar-refractivity contribution in [3.8, 4) is 0 Å². The lowest BCUT2D eigenvalue weighted by molar-refractivity contribution is -0.119. The number of benzene rings is 1. The van der Waals surface area contributed by atoms with Gasteiger partial charge in [0.15, 0.2) is 5.96 Å². The number of carbonyl (C=O) groups is 1. The number of hydrogen-bond donors (Lipinski definition) is 4. The molecule has 1 amide bonds. The first-order chi connectivity index (χ1) is 14.5. The van der Waals surface area contributed by atoms with Crippen molar-refractivity contribution in [3.63, 3.8) is 0 Å². The zero-order valence-corrected chi connectivity index (χ0v) is 21.7. The third-order valence-electron chi connectivity index (χ3n) is 5.58. The van der Waals surface area contributed by atoms with Gasteiger partial charge < -0.3 is 21.1 Å². The van der Waals surface area contributed by atoms with Gasteiger partial charge in [-0.3, -0.25) is 4.79 Å². The molecular weight excluding hydrogens is 503 g/mol. The zero-order chi connectivity index (χ0) is 21.8. The molecule has 2 rings (SSSR count). The number of nitrogens with one attached hydrogen (secondary N) is 3. The van der Waals surface area contributed by atoms with Crippen molar-refractivity contribution in [2.45, 2.75) is 65.8 Å². The lowest BCUT2D eigenvalue weighted by Crippen LogP contribution is -2.40. The first-order valence-corrected chi connectivity index (χ1v) is 11.5. The highest BCUT2D eigenvalue weighted by atomic mass is 127. The van der Waals surface area contributed by atoms with Gasteiger partial charge in [-0.25, -0.2) is 4.99 Å². The van der Waals surface area contributed by atoms with Crippen molar-refractivity contribution in [1.82, 2.24) is 10.6 Å². The van der Waals surface area contributed by atoms with Crippen LogP contribution < -0.4 is 16.0 Å². The molecule has 176 valence electrons. The van der Waals surface area contributed by atoms with Crippen LogP contribution in [0.5, 0.6) is 0 Å². The van der Waals surface area contributed by atoms with Crippen molar-refractivity contribution < 1.29 is 9.90 Å². The van der Waals surface area contributed by atoms with E-state index in [4.69, 9.17) is 4.99 Å². The SMILES string of the molecule is CCNC(=NCc1cccc(NC(=O)C2CCCC2)c1)NCC(CCO)CC(C)C.I. The summed E-state index contributed by atoms with van der Waals surface area (Å²) in [5.41, 5.74) is 1.91. The molecule has 0 spiro atoms. The second kappa shape index (κ2) is 15.5. The molecule has 1 aromatic rings. The predicted molar refractivity (Wildman–Crippen MR) is 140 cm³/mol. The maximum atomic E-state index is 12.4. The summed E-state index contributed by atoms with van der Waals surface area (Å²) in [5, 5.41) is 19.1. The minimum Gasteiger partial charge on any atom is -0.396 e. The van der Waals surface area contributed by atoms with Gasteiger partial charge in [0.1, 0.15) is 0 Å². The minimum absolute atomic E-state index is 0. The molecule has 0 radical (unpaired) electrons. The highest BCUT2D eigenvalue weighted by Gasteiger charge is 2.22. The van der Waals surface area contributed by atoms with Crippen LogP contribution in [0.2, 0.25) is 0 Å². The smallest absolute Gasteiger partial charge is 0.227 e. The molecule has 0 saturated heterocycles. The Labute approximate surface area is 205 Å². The van der Waals surface area contributed by atoms with Crippen LogP contribution in [-0.2, 0) is 11.3 Å². The van der Waals surface area contributed by atoms with Crippen molar-refractivity contribution in [2.75, 3.05) is 25.0 Å². The van der Waals surface area contributed by atoms with E-state index in [9.17, 15) is 9.90 Å². The van der Waals surface area contributed by atoms with E-state index in [1.807, 2.05) is 24.3 Å². The van der Waals surface area contributed by atoms with Crippen molar-refractivity contribution in [3.05, 3.63) is 29.8 Å². The van der Waals surface area contributed by atoms with Gasteiger partial charge in [-0.05, 0) is 62.1 Å². The summed E-state index contributed by atoms with van der Waals surface area (Å²) in [6.45, 7) is 8.81. The maximum Gasteiger partial charge on any atom is 0.227 e. The van der Waals surface area contributed by atoms with Gasteiger partial charge in [0.05, 0.1) is 6.54 Å². The fraction of sp³-hybridized carbons (Fsp3) is 0.667. The lowest BCUT2D eigenvalue weighted by atomic mass is 9.94. The third-order valence-corrected chi connectivity index (χ3v) is 5.58. The average molecular weight is 545 g/mol. The summed E-state index contributed by atoms with van der Waals surface area (Å²) < 4.78 is 0. The van der Waals surface area contributed by atoms with Crippen LogP contribution in [0, 0.1) is 17.8 Å². The Kier molecular flexibility index (Phi) is 13.8. The molecule has 1 saturated carbocycles. The molecule has 1 aliphatic rings. The highest BCUT2D eigenvalue weighted by molar-refractivity contribution is 14.0. The third kappa shape index (κ3) is 10.7. The fourth-order valence-corrected chi connectivity index (χ4v) is 4.09. The molecule has 31 heavy (non-hydrogen) atoms. The molecule has 1 fully saturated rings. The molecule has 1 unspecified atom stereocenters. The topological polar surface area (TPSA) is 85.8 Å². The van der Waals surface area contributed by atoms with Crippen molar-refractivity contribution >= 4 is 41.5 Å². The van der Waals surface area contributed by atoms with Crippen LogP contribution in [0.25, 0.3) is 0 Å². The number of rotatable bonds is 11. The van der Waals surface area contributed by atoms with Crippen LogP contribution in [0.4, 0.5) is 5.69 Å². The Balaban J connectivity index is 0.00000480. The Morgan fingerprint density at radius 1 is 1.23 bits per heavy atom. The number of anilines is 1. The van der Waals surface area contributed by atoms with Gasteiger partial charge in [-0.15, -0.1) is 24.0 Å². The Hall–Kier alpha value is -1.35. The summed E-state index contributed by atoms with van der Waals surface area (Å²) in [7, 11) is 0. The van der Waals surface area contributed by atoms with Crippen LogP contribution in [0.15, 0.2) is 29.3 Å². The monoisotopic (exact) mass is 544 g/mol. The average Bonchev–Trinajstić information content (AvgIpc) is 3.25. The summed E-state index contributed by atoms with van der Waals surface area (Å²) in [6, 6.07) is 7.95.